The van der Waals surface area contributed by atoms with Crippen LogP contribution in [-0.4, -0.2) is 5.91 Å². The molecule has 0 fully saturated rings. The summed E-state index contributed by atoms with van der Waals surface area (Å²) in [5.41, 5.74) is 3.39. The molecule has 4 rings (SSSR count). The topological polar surface area (TPSA) is 51.5 Å². The van der Waals surface area contributed by atoms with E-state index in [9.17, 15) is 4.79 Å². The van der Waals surface area contributed by atoms with Gasteiger partial charge < -0.3 is 14.5 Å². The van der Waals surface area contributed by atoms with Gasteiger partial charge in [-0.15, -0.1) is 0 Å². The highest BCUT2D eigenvalue weighted by Gasteiger charge is 2.16. The van der Waals surface area contributed by atoms with E-state index in [1.807, 2.05) is 61.5 Å². The van der Waals surface area contributed by atoms with Crippen molar-refractivity contribution >= 4 is 34.8 Å². The maximum atomic E-state index is 12.7. The minimum Gasteiger partial charge on any atom is -0.489 e. The number of hydrogen-bond donors (Lipinski definition) is 1. The van der Waals surface area contributed by atoms with E-state index >= 15 is 0 Å². The van der Waals surface area contributed by atoms with Crippen LogP contribution in [0.15, 0.2) is 83.3 Å². The fraction of sp³-hybridized carbons (Fsp3) is 0.115. The molecular formula is C26H21Cl2NO3. The lowest BCUT2D eigenvalue weighted by atomic mass is 10.1. The molecule has 0 spiro atoms. The molecule has 1 amide bonds. The van der Waals surface area contributed by atoms with Gasteiger partial charge in [0.05, 0.1) is 10.7 Å². The molecule has 1 aromatic heterocycles. The van der Waals surface area contributed by atoms with E-state index in [0.29, 0.717) is 40.3 Å². The monoisotopic (exact) mass is 465 g/mol. The molecule has 0 aliphatic rings. The number of halogens is 2. The number of benzene rings is 3. The van der Waals surface area contributed by atoms with E-state index in [2.05, 4.69) is 5.32 Å². The first kappa shape index (κ1) is 22.0. The predicted octanol–water partition coefficient (Wildman–Crippen LogP) is 7.32. The second-order valence-electron chi connectivity index (χ2n) is 7.35. The van der Waals surface area contributed by atoms with Crippen molar-refractivity contribution in [2.24, 2.45) is 0 Å². The van der Waals surface area contributed by atoms with Crippen molar-refractivity contribution in [3.05, 3.63) is 117 Å². The van der Waals surface area contributed by atoms with Gasteiger partial charge in [0.25, 0.3) is 5.91 Å². The summed E-state index contributed by atoms with van der Waals surface area (Å²) in [6, 6.07) is 24.3. The van der Waals surface area contributed by atoms with Crippen molar-refractivity contribution in [2.75, 3.05) is 5.32 Å². The Kier molecular flexibility index (Phi) is 6.84. The molecule has 0 saturated heterocycles. The van der Waals surface area contributed by atoms with Crippen LogP contribution in [0.25, 0.3) is 0 Å². The number of nitrogens with one attached hydrogen (secondary N) is 1. The molecule has 0 saturated carbocycles. The molecule has 4 aromatic rings. The van der Waals surface area contributed by atoms with Gasteiger partial charge in [-0.25, -0.2) is 0 Å². The third kappa shape index (κ3) is 5.34. The van der Waals surface area contributed by atoms with Crippen molar-refractivity contribution in [1.82, 2.24) is 0 Å². The Morgan fingerprint density at radius 3 is 2.56 bits per heavy atom. The van der Waals surface area contributed by atoms with Crippen molar-refractivity contribution in [1.29, 1.82) is 0 Å². The minimum atomic E-state index is -0.362. The van der Waals surface area contributed by atoms with Gasteiger partial charge in [-0.05, 0) is 54.4 Å². The summed E-state index contributed by atoms with van der Waals surface area (Å²) >= 11 is 12.4. The molecule has 4 nitrogen and oxygen atoms in total. The Morgan fingerprint density at radius 1 is 0.969 bits per heavy atom. The lowest BCUT2D eigenvalue weighted by Crippen LogP contribution is -2.12. The lowest BCUT2D eigenvalue weighted by Gasteiger charge is -2.12. The number of aryl methyl sites for hydroxylation is 1. The second kappa shape index (κ2) is 9.94. The zero-order chi connectivity index (χ0) is 22.5. The Labute approximate surface area is 196 Å². The normalized spacial score (nSPS) is 10.7. The van der Waals surface area contributed by atoms with Crippen LogP contribution in [0.4, 0.5) is 5.69 Å². The van der Waals surface area contributed by atoms with Crippen molar-refractivity contribution in [2.45, 2.75) is 20.0 Å². The SMILES string of the molecule is Cc1cccc(Cl)c1NC(=O)c1ccc(Cc2cc(Cl)ccc2OCc2ccccc2)o1. The zero-order valence-electron chi connectivity index (χ0n) is 17.4. The molecular weight excluding hydrogens is 445 g/mol. The second-order valence-corrected chi connectivity index (χ2v) is 8.20. The third-order valence-corrected chi connectivity index (χ3v) is 5.52. The maximum Gasteiger partial charge on any atom is 0.291 e. The first-order chi connectivity index (χ1) is 15.5. The lowest BCUT2D eigenvalue weighted by molar-refractivity contribution is 0.0995. The summed E-state index contributed by atoms with van der Waals surface area (Å²) in [4.78, 5) is 12.7. The van der Waals surface area contributed by atoms with Crippen molar-refractivity contribution in [3.63, 3.8) is 0 Å². The van der Waals surface area contributed by atoms with Gasteiger partial charge in [0.2, 0.25) is 0 Å². The predicted molar refractivity (Wildman–Crippen MR) is 128 cm³/mol. The van der Waals surface area contributed by atoms with Crippen LogP contribution < -0.4 is 10.1 Å². The molecule has 0 unspecified atom stereocenters. The number of ether oxygens (including phenoxy) is 1. The molecule has 0 aliphatic heterocycles. The molecule has 32 heavy (non-hydrogen) atoms. The van der Waals surface area contributed by atoms with Gasteiger partial charge >= 0.3 is 0 Å². The molecule has 0 atom stereocenters. The molecule has 0 radical (unpaired) electrons. The average molecular weight is 466 g/mol. The minimum absolute atomic E-state index is 0.202. The fourth-order valence-electron chi connectivity index (χ4n) is 3.31. The van der Waals surface area contributed by atoms with Gasteiger partial charge in [0, 0.05) is 17.0 Å². The van der Waals surface area contributed by atoms with Crippen molar-refractivity contribution in [3.8, 4) is 5.75 Å². The van der Waals surface area contributed by atoms with E-state index in [1.165, 1.54) is 0 Å². The summed E-state index contributed by atoms with van der Waals surface area (Å²) in [6.45, 7) is 2.32. The number of furan rings is 1. The highest BCUT2D eigenvalue weighted by Crippen LogP contribution is 2.28. The number of hydrogen-bond acceptors (Lipinski definition) is 3. The molecule has 6 heteroatoms. The number of carbonyl (C=O) groups is 1. The highest BCUT2D eigenvalue weighted by molar-refractivity contribution is 6.34. The number of amides is 1. The van der Waals surface area contributed by atoms with E-state index in [-0.39, 0.29) is 11.7 Å². The molecule has 1 N–H and O–H groups in total. The van der Waals surface area contributed by atoms with Gasteiger partial charge in [-0.1, -0.05) is 65.7 Å². The quantitative estimate of drug-likeness (QED) is 0.311. The Morgan fingerprint density at radius 2 is 1.78 bits per heavy atom. The summed E-state index contributed by atoms with van der Waals surface area (Å²) in [6.07, 6.45) is 0.434. The standard InChI is InChI=1S/C26H21Cl2NO3/c1-17-6-5-9-22(28)25(17)29-26(30)24-13-11-21(32-24)15-19-14-20(27)10-12-23(19)31-16-18-7-3-2-4-8-18/h2-14H,15-16H2,1H3,(H,29,30). The number of carbonyl (C=O) groups excluding carboxylic acids is 1. The summed E-state index contributed by atoms with van der Waals surface area (Å²) in [5.74, 6) is 1.18. The zero-order valence-corrected chi connectivity index (χ0v) is 18.9. The van der Waals surface area contributed by atoms with Gasteiger partial charge in [0.15, 0.2) is 5.76 Å². The van der Waals surface area contributed by atoms with Crippen LogP contribution in [0, 0.1) is 6.92 Å². The van der Waals surface area contributed by atoms with Crippen LogP contribution in [0.3, 0.4) is 0 Å². The van der Waals surface area contributed by atoms with Crippen LogP contribution in [-0.2, 0) is 13.0 Å². The van der Waals surface area contributed by atoms with E-state index in [1.54, 1.807) is 24.3 Å². The number of anilines is 1. The van der Waals surface area contributed by atoms with Crippen LogP contribution in [0.1, 0.15) is 33.0 Å². The maximum absolute atomic E-state index is 12.7. The highest BCUT2D eigenvalue weighted by atomic mass is 35.5. The number of para-hydroxylation sites is 1. The molecule has 0 aliphatic carbocycles. The van der Waals surface area contributed by atoms with Gasteiger partial charge in [0.1, 0.15) is 18.1 Å². The Balaban J connectivity index is 1.48. The van der Waals surface area contributed by atoms with Crippen LogP contribution in [0.2, 0.25) is 10.0 Å². The molecule has 1 heterocycles. The Bertz CT molecular complexity index is 1210. The molecule has 162 valence electrons. The largest absolute Gasteiger partial charge is 0.489 e. The summed E-state index contributed by atoms with van der Waals surface area (Å²) in [5, 5.41) is 3.90. The summed E-state index contributed by atoms with van der Waals surface area (Å²) in [7, 11) is 0. The van der Waals surface area contributed by atoms with Gasteiger partial charge in [-0.2, -0.15) is 0 Å². The van der Waals surface area contributed by atoms with E-state index in [0.717, 1.165) is 16.7 Å². The van der Waals surface area contributed by atoms with Crippen LogP contribution in [0.5, 0.6) is 5.75 Å². The van der Waals surface area contributed by atoms with Crippen molar-refractivity contribution < 1.29 is 13.9 Å². The first-order valence-corrected chi connectivity index (χ1v) is 10.9. The molecule has 0 bridgehead atoms. The summed E-state index contributed by atoms with van der Waals surface area (Å²) < 4.78 is 11.8. The first-order valence-electron chi connectivity index (χ1n) is 10.1. The number of rotatable bonds is 7. The third-order valence-electron chi connectivity index (χ3n) is 4.97. The van der Waals surface area contributed by atoms with E-state index < -0.39 is 0 Å². The van der Waals surface area contributed by atoms with E-state index in [4.69, 9.17) is 32.4 Å². The smallest absolute Gasteiger partial charge is 0.291 e. The molecule has 3 aromatic carbocycles. The fourth-order valence-corrected chi connectivity index (χ4v) is 3.77. The Hall–Kier alpha value is -3.21. The average Bonchev–Trinajstić information content (AvgIpc) is 3.25. The van der Waals surface area contributed by atoms with Crippen LogP contribution >= 0.6 is 23.2 Å². The van der Waals surface area contributed by atoms with Gasteiger partial charge in [-0.3, -0.25) is 4.79 Å².